The van der Waals surface area contributed by atoms with Crippen LogP contribution in [0.1, 0.15) is 50.7 Å². The molecule has 0 spiro atoms. The first kappa shape index (κ1) is 28.3. The van der Waals surface area contributed by atoms with Gasteiger partial charge in [0.2, 0.25) is 0 Å². The van der Waals surface area contributed by atoms with Gasteiger partial charge in [0, 0.05) is 27.5 Å². The number of carboxylic acids is 1. The van der Waals surface area contributed by atoms with Crippen LogP contribution in [0.3, 0.4) is 0 Å². The number of carbonyl (C=O) groups excluding carboxylic acids is 1. The molecule has 1 atom stereocenters. The Bertz CT molecular complexity index is 2070. The lowest BCUT2D eigenvalue weighted by atomic mass is 9.97. The zero-order chi connectivity index (χ0) is 30.2. The Labute approximate surface area is 254 Å². The Kier molecular flexibility index (Phi) is 7.55. The number of esters is 1. The molecule has 5 aromatic rings. The number of fused-ring (bicyclic) bond motifs is 1. The fourth-order valence-electron chi connectivity index (χ4n) is 5.38. The van der Waals surface area contributed by atoms with Crippen LogP contribution in [-0.2, 0) is 9.53 Å². The normalized spacial score (nSPS) is 14.9. The van der Waals surface area contributed by atoms with E-state index in [-0.39, 0.29) is 17.7 Å². The largest absolute Gasteiger partial charge is 0.478 e. The molecule has 4 heterocycles. The third-order valence-electron chi connectivity index (χ3n) is 7.32. The molecule has 0 saturated carbocycles. The van der Waals surface area contributed by atoms with Gasteiger partial charge in [-0.1, -0.05) is 47.7 Å². The van der Waals surface area contributed by atoms with E-state index in [4.69, 9.17) is 9.73 Å². The molecule has 1 aliphatic rings. The molecule has 216 valence electrons. The zero-order valence-electron chi connectivity index (χ0n) is 23.6. The minimum absolute atomic E-state index is 0.195. The lowest BCUT2D eigenvalue weighted by molar-refractivity contribution is -0.138. The van der Waals surface area contributed by atoms with Crippen molar-refractivity contribution >= 4 is 46.4 Å². The third-order valence-corrected chi connectivity index (χ3v) is 9.22. The predicted octanol–water partition coefficient (Wildman–Crippen LogP) is 5.10. The van der Waals surface area contributed by atoms with E-state index in [0.717, 1.165) is 33.1 Å². The lowest BCUT2D eigenvalue weighted by Gasteiger charge is -2.24. The van der Waals surface area contributed by atoms with Gasteiger partial charge in [-0.25, -0.2) is 14.6 Å². The second-order valence-corrected chi connectivity index (χ2v) is 11.9. The van der Waals surface area contributed by atoms with Crippen molar-refractivity contribution < 1.29 is 19.4 Å². The van der Waals surface area contributed by atoms with Crippen molar-refractivity contribution in [1.29, 1.82) is 0 Å². The molecule has 43 heavy (non-hydrogen) atoms. The second-order valence-electron chi connectivity index (χ2n) is 9.96. The van der Waals surface area contributed by atoms with Crippen LogP contribution < -0.4 is 14.9 Å². The highest BCUT2D eigenvalue weighted by Gasteiger charge is 2.35. The summed E-state index contributed by atoms with van der Waals surface area (Å²) in [6.07, 6.45) is 1.86. The number of nitrogens with zero attached hydrogens (tertiary/aromatic N) is 3. The van der Waals surface area contributed by atoms with Gasteiger partial charge in [0.15, 0.2) is 4.80 Å². The summed E-state index contributed by atoms with van der Waals surface area (Å²) in [4.78, 5) is 45.2. The number of benzene rings is 2. The summed E-state index contributed by atoms with van der Waals surface area (Å²) in [5.41, 5.74) is 5.07. The van der Waals surface area contributed by atoms with Crippen molar-refractivity contribution in [3.05, 3.63) is 136 Å². The summed E-state index contributed by atoms with van der Waals surface area (Å²) in [6.45, 7) is 5.88. The van der Waals surface area contributed by atoms with Crippen molar-refractivity contribution in [3.8, 4) is 5.69 Å². The number of aromatic carboxylic acids is 1. The summed E-state index contributed by atoms with van der Waals surface area (Å²) in [7, 11) is 0. The molecule has 0 fully saturated rings. The Balaban J connectivity index is 1.54. The predicted molar refractivity (Wildman–Crippen MR) is 168 cm³/mol. The number of aryl methyl sites for hydroxylation is 1. The Morgan fingerprint density at radius 1 is 1.05 bits per heavy atom. The standard InChI is InChI=1S/C33H27N3O5S2/c1-4-41-32(40)27-28(21-9-6-5-7-10-21)34-33-36(29(27)25-11-8-16-42-25)30(37)26(43-33)18-23-17-19(2)35(20(23)3)24-14-12-22(13-15-24)31(38)39/h5-18,29H,4H2,1-3H3,(H,38,39)/b26-18-/t29-/m0/s1. The van der Waals surface area contributed by atoms with Crippen molar-refractivity contribution in [3.63, 3.8) is 0 Å². The summed E-state index contributed by atoms with van der Waals surface area (Å²) < 4.78 is 9.62. The lowest BCUT2D eigenvalue weighted by Crippen LogP contribution is -2.39. The number of ether oxygens (including phenoxy) is 1. The number of hydrogen-bond acceptors (Lipinski definition) is 7. The van der Waals surface area contributed by atoms with Gasteiger partial charge in [-0.3, -0.25) is 9.36 Å². The highest BCUT2D eigenvalue weighted by molar-refractivity contribution is 7.10. The van der Waals surface area contributed by atoms with E-state index in [1.165, 1.54) is 22.7 Å². The number of thiophene rings is 1. The summed E-state index contributed by atoms with van der Waals surface area (Å²) in [5.74, 6) is -1.49. The van der Waals surface area contributed by atoms with Gasteiger partial charge >= 0.3 is 11.9 Å². The first-order valence-corrected chi connectivity index (χ1v) is 15.3. The van der Waals surface area contributed by atoms with Crippen LogP contribution >= 0.6 is 22.7 Å². The van der Waals surface area contributed by atoms with Crippen molar-refractivity contribution in [2.75, 3.05) is 6.61 Å². The molecule has 1 aliphatic heterocycles. The molecule has 2 aromatic carbocycles. The van der Waals surface area contributed by atoms with Gasteiger partial charge in [-0.05, 0) is 74.2 Å². The van der Waals surface area contributed by atoms with Crippen LogP contribution in [0.5, 0.6) is 0 Å². The highest BCUT2D eigenvalue weighted by Crippen LogP contribution is 2.36. The van der Waals surface area contributed by atoms with Crippen molar-refractivity contribution in [2.24, 2.45) is 4.99 Å². The maximum Gasteiger partial charge on any atom is 0.338 e. The summed E-state index contributed by atoms with van der Waals surface area (Å²) >= 11 is 2.75. The summed E-state index contributed by atoms with van der Waals surface area (Å²) in [5, 5.41) is 11.2. The molecule has 0 bridgehead atoms. The first-order chi connectivity index (χ1) is 20.8. The molecule has 6 rings (SSSR count). The first-order valence-electron chi connectivity index (χ1n) is 13.6. The maximum atomic E-state index is 14.1. The van der Waals surface area contributed by atoms with Crippen LogP contribution in [0.15, 0.2) is 93.5 Å². The van der Waals surface area contributed by atoms with E-state index in [0.29, 0.717) is 20.6 Å². The Hall–Kier alpha value is -4.80. The van der Waals surface area contributed by atoms with Gasteiger partial charge < -0.3 is 14.4 Å². The number of rotatable bonds is 7. The van der Waals surface area contributed by atoms with E-state index in [9.17, 15) is 19.5 Å². The van der Waals surface area contributed by atoms with E-state index in [2.05, 4.69) is 0 Å². The van der Waals surface area contributed by atoms with Crippen LogP contribution in [-0.4, -0.2) is 32.8 Å². The van der Waals surface area contributed by atoms with Crippen LogP contribution in [0.25, 0.3) is 17.5 Å². The minimum Gasteiger partial charge on any atom is -0.478 e. The molecule has 0 saturated heterocycles. The monoisotopic (exact) mass is 609 g/mol. The highest BCUT2D eigenvalue weighted by atomic mass is 32.1. The van der Waals surface area contributed by atoms with E-state index in [1.54, 1.807) is 35.8 Å². The second kappa shape index (κ2) is 11.5. The van der Waals surface area contributed by atoms with E-state index >= 15 is 0 Å². The average Bonchev–Trinajstić information content (AvgIpc) is 3.71. The zero-order valence-corrected chi connectivity index (χ0v) is 25.2. The quantitative estimate of drug-likeness (QED) is 0.259. The van der Waals surface area contributed by atoms with Crippen LogP contribution in [0.4, 0.5) is 0 Å². The van der Waals surface area contributed by atoms with E-state index in [1.807, 2.05) is 78.4 Å². The summed E-state index contributed by atoms with van der Waals surface area (Å²) in [6, 6.07) is 21.3. The van der Waals surface area contributed by atoms with Crippen molar-refractivity contribution in [2.45, 2.75) is 26.8 Å². The molecule has 1 N–H and O–H groups in total. The molecule has 0 amide bonds. The van der Waals surface area contributed by atoms with Crippen LogP contribution in [0.2, 0.25) is 0 Å². The SMILES string of the molecule is CCOC(=O)C1=C(c2ccccc2)N=c2s/c(=C\c3cc(C)n(-c4ccc(C(=O)O)cc4)c3C)c(=O)n2[C@H]1c1cccs1. The molecule has 0 radical (unpaired) electrons. The van der Waals surface area contributed by atoms with Gasteiger partial charge in [-0.2, -0.15) is 0 Å². The fraction of sp³-hybridized carbons (Fsp3) is 0.152. The molecular weight excluding hydrogens is 583 g/mol. The van der Waals surface area contributed by atoms with Gasteiger partial charge in [-0.15, -0.1) is 11.3 Å². The number of hydrogen-bond donors (Lipinski definition) is 1. The molecule has 3 aromatic heterocycles. The van der Waals surface area contributed by atoms with Gasteiger partial charge in [0.25, 0.3) is 5.56 Å². The maximum absolute atomic E-state index is 14.1. The van der Waals surface area contributed by atoms with E-state index < -0.39 is 18.0 Å². The molecule has 8 nitrogen and oxygen atoms in total. The number of aromatic nitrogens is 2. The van der Waals surface area contributed by atoms with Gasteiger partial charge in [0.05, 0.1) is 28.0 Å². The Morgan fingerprint density at radius 2 is 1.79 bits per heavy atom. The smallest absolute Gasteiger partial charge is 0.338 e. The van der Waals surface area contributed by atoms with Gasteiger partial charge in [0.1, 0.15) is 6.04 Å². The van der Waals surface area contributed by atoms with Crippen molar-refractivity contribution in [1.82, 2.24) is 9.13 Å². The topological polar surface area (TPSA) is 103 Å². The molecular formula is C33H27N3O5S2. The average molecular weight is 610 g/mol. The number of carbonyl (C=O) groups is 2. The number of thiazole rings is 1. The minimum atomic E-state index is -0.981. The molecule has 0 aliphatic carbocycles. The third kappa shape index (κ3) is 5.09. The number of carboxylic acid groups (broad SMARTS) is 1. The fourth-order valence-corrected chi connectivity index (χ4v) is 7.20. The van der Waals surface area contributed by atoms with Crippen LogP contribution in [0, 0.1) is 13.8 Å². The molecule has 10 heteroatoms. The Morgan fingerprint density at radius 3 is 2.44 bits per heavy atom. The molecule has 0 unspecified atom stereocenters.